The normalized spacial score (nSPS) is 9.40. The number of hydrogen-bond acceptors (Lipinski definition) is 4. The Morgan fingerprint density at radius 3 is 2.87 bits per heavy atom. The Hall–Kier alpha value is -1.91. The van der Waals surface area contributed by atoms with Crippen LogP contribution in [-0.2, 0) is 14.3 Å². The van der Waals surface area contributed by atoms with E-state index < -0.39 is 11.9 Å². The molecule has 80 valence electrons. The van der Waals surface area contributed by atoms with Gasteiger partial charge < -0.3 is 10.1 Å². The molecule has 0 fully saturated rings. The van der Waals surface area contributed by atoms with Crippen LogP contribution in [0.25, 0.3) is 0 Å². The van der Waals surface area contributed by atoms with Gasteiger partial charge in [0.05, 0.1) is 6.61 Å². The second-order valence-electron chi connectivity index (χ2n) is 2.74. The van der Waals surface area contributed by atoms with E-state index in [0.29, 0.717) is 5.82 Å². The predicted molar refractivity (Wildman–Crippen MR) is 54.1 cm³/mol. The van der Waals surface area contributed by atoms with E-state index in [1.165, 1.54) is 0 Å². The minimum absolute atomic E-state index is 0.274. The van der Waals surface area contributed by atoms with Gasteiger partial charge in [-0.1, -0.05) is 6.07 Å². The summed E-state index contributed by atoms with van der Waals surface area (Å²) in [5, 5.41) is 2.48. The topological polar surface area (TPSA) is 68.3 Å². The quantitative estimate of drug-likeness (QED) is 0.591. The van der Waals surface area contributed by atoms with Gasteiger partial charge in [-0.05, 0) is 19.1 Å². The van der Waals surface area contributed by atoms with Gasteiger partial charge in [-0.25, -0.2) is 4.98 Å². The van der Waals surface area contributed by atoms with Crippen LogP contribution in [0, 0.1) is 0 Å². The van der Waals surface area contributed by atoms with Crippen molar-refractivity contribution in [1.82, 2.24) is 4.98 Å². The first-order chi connectivity index (χ1) is 7.22. The summed E-state index contributed by atoms with van der Waals surface area (Å²) >= 11 is 0. The molecule has 0 aromatic carbocycles. The Labute approximate surface area is 87.5 Å². The second-order valence-corrected chi connectivity index (χ2v) is 2.74. The third kappa shape index (κ3) is 4.21. The van der Waals surface area contributed by atoms with Gasteiger partial charge in [-0.2, -0.15) is 0 Å². The molecule has 0 aliphatic rings. The number of esters is 1. The van der Waals surface area contributed by atoms with Crippen molar-refractivity contribution >= 4 is 17.7 Å². The highest BCUT2D eigenvalue weighted by Gasteiger charge is 2.10. The fourth-order valence-electron chi connectivity index (χ4n) is 0.967. The smallest absolute Gasteiger partial charge is 0.315 e. The maximum atomic E-state index is 11.2. The van der Waals surface area contributed by atoms with Crippen LogP contribution >= 0.6 is 0 Å². The van der Waals surface area contributed by atoms with Gasteiger partial charge in [-0.3, -0.25) is 9.59 Å². The number of rotatable bonds is 4. The summed E-state index contributed by atoms with van der Waals surface area (Å²) in [4.78, 5) is 26.1. The van der Waals surface area contributed by atoms with E-state index >= 15 is 0 Å². The summed E-state index contributed by atoms with van der Waals surface area (Å²) in [6.45, 7) is 1.96. The molecule has 0 spiro atoms. The molecule has 1 aromatic heterocycles. The van der Waals surface area contributed by atoms with Gasteiger partial charge in [0.15, 0.2) is 0 Å². The van der Waals surface area contributed by atoms with E-state index in [4.69, 9.17) is 0 Å². The molecule has 5 heteroatoms. The average Bonchev–Trinajstić information content (AvgIpc) is 2.19. The number of hydrogen-bond donors (Lipinski definition) is 1. The molecular formula is C10H12N2O3. The summed E-state index contributed by atoms with van der Waals surface area (Å²) in [5.41, 5.74) is 0. The second kappa shape index (κ2) is 5.74. The molecule has 5 nitrogen and oxygen atoms in total. The number of ether oxygens (including phenoxy) is 1. The van der Waals surface area contributed by atoms with Crippen LogP contribution in [0.1, 0.15) is 13.3 Å². The zero-order valence-electron chi connectivity index (χ0n) is 8.40. The Morgan fingerprint density at radius 1 is 1.47 bits per heavy atom. The molecular weight excluding hydrogens is 196 g/mol. The first-order valence-electron chi connectivity index (χ1n) is 4.59. The zero-order valence-corrected chi connectivity index (χ0v) is 8.40. The van der Waals surface area contributed by atoms with Gasteiger partial charge in [0.2, 0.25) is 5.91 Å². The van der Waals surface area contributed by atoms with Crippen molar-refractivity contribution in [2.24, 2.45) is 0 Å². The number of nitrogens with one attached hydrogen (secondary N) is 1. The molecule has 0 bridgehead atoms. The Bertz CT molecular complexity index is 338. The van der Waals surface area contributed by atoms with Crippen LogP contribution < -0.4 is 5.32 Å². The van der Waals surface area contributed by atoms with Crippen molar-refractivity contribution in [2.45, 2.75) is 13.3 Å². The summed E-state index contributed by atoms with van der Waals surface area (Å²) in [6, 6.07) is 5.12. The van der Waals surface area contributed by atoms with Gasteiger partial charge in [-0.15, -0.1) is 0 Å². The maximum Gasteiger partial charge on any atom is 0.315 e. The van der Waals surface area contributed by atoms with Crippen LogP contribution in [-0.4, -0.2) is 23.5 Å². The SMILES string of the molecule is CCOC(=O)CC(=O)Nc1ccccn1. The lowest BCUT2D eigenvalue weighted by molar-refractivity contribution is -0.145. The molecule has 0 saturated carbocycles. The summed E-state index contributed by atoms with van der Waals surface area (Å²) in [7, 11) is 0. The monoisotopic (exact) mass is 208 g/mol. The number of amides is 1. The van der Waals surface area contributed by atoms with Crippen LogP contribution in [0.2, 0.25) is 0 Å². The summed E-state index contributed by atoms with van der Waals surface area (Å²) in [5.74, 6) is -0.537. The van der Waals surface area contributed by atoms with E-state index in [2.05, 4.69) is 15.0 Å². The van der Waals surface area contributed by atoms with E-state index in [1.807, 2.05) is 0 Å². The van der Waals surface area contributed by atoms with Crippen molar-refractivity contribution < 1.29 is 14.3 Å². The fraction of sp³-hybridized carbons (Fsp3) is 0.300. The molecule has 0 atom stereocenters. The van der Waals surface area contributed by atoms with Crippen molar-refractivity contribution in [1.29, 1.82) is 0 Å². The van der Waals surface area contributed by atoms with E-state index in [0.717, 1.165) is 0 Å². The summed E-state index contributed by atoms with van der Waals surface area (Å²) < 4.78 is 4.63. The molecule has 1 heterocycles. The van der Waals surface area contributed by atoms with E-state index in [-0.39, 0.29) is 13.0 Å². The third-order valence-electron chi connectivity index (χ3n) is 1.54. The van der Waals surface area contributed by atoms with Crippen LogP contribution in [0.4, 0.5) is 5.82 Å². The van der Waals surface area contributed by atoms with Crippen molar-refractivity contribution in [3.63, 3.8) is 0 Å². The lowest BCUT2D eigenvalue weighted by Gasteiger charge is -2.03. The Kier molecular flexibility index (Phi) is 4.28. The Morgan fingerprint density at radius 2 is 2.27 bits per heavy atom. The minimum atomic E-state index is -0.536. The van der Waals surface area contributed by atoms with E-state index in [9.17, 15) is 9.59 Å². The number of carbonyl (C=O) groups excluding carboxylic acids is 2. The van der Waals surface area contributed by atoms with Crippen LogP contribution in [0.5, 0.6) is 0 Å². The van der Waals surface area contributed by atoms with Gasteiger partial charge in [0, 0.05) is 6.20 Å². The van der Waals surface area contributed by atoms with E-state index in [1.54, 1.807) is 31.3 Å². The van der Waals surface area contributed by atoms with Crippen molar-refractivity contribution in [3.05, 3.63) is 24.4 Å². The predicted octanol–water partition coefficient (Wildman–Crippen LogP) is 0.973. The first-order valence-corrected chi connectivity index (χ1v) is 4.59. The molecule has 1 rings (SSSR count). The van der Waals surface area contributed by atoms with Gasteiger partial charge in [0.25, 0.3) is 0 Å². The number of carbonyl (C=O) groups is 2. The molecule has 15 heavy (non-hydrogen) atoms. The van der Waals surface area contributed by atoms with Crippen molar-refractivity contribution in [2.75, 3.05) is 11.9 Å². The molecule has 0 saturated heterocycles. The molecule has 1 amide bonds. The molecule has 1 aromatic rings. The number of anilines is 1. The largest absolute Gasteiger partial charge is 0.466 e. The molecule has 1 N–H and O–H groups in total. The number of pyridine rings is 1. The molecule has 0 aliphatic carbocycles. The highest BCUT2D eigenvalue weighted by Crippen LogP contribution is 2.00. The number of nitrogens with zero attached hydrogens (tertiary/aromatic N) is 1. The van der Waals surface area contributed by atoms with Crippen LogP contribution in [0.3, 0.4) is 0 Å². The third-order valence-corrected chi connectivity index (χ3v) is 1.54. The molecule has 0 unspecified atom stereocenters. The van der Waals surface area contributed by atoms with Gasteiger partial charge >= 0.3 is 5.97 Å². The highest BCUT2D eigenvalue weighted by molar-refractivity contribution is 6.01. The van der Waals surface area contributed by atoms with Gasteiger partial charge in [0.1, 0.15) is 12.2 Å². The summed E-state index contributed by atoms with van der Waals surface area (Å²) in [6.07, 6.45) is 1.27. The van der Waals surface area contributed by atoms with Crippen molar-refractivity contribution in [3.8, 4) is 0 Å². The van der Waals surface area contributed by atoms with Crippen LogP contribution in [0.15, 0.2) is 24.4 Å². The Balaban J connectivity index is 2.40. The standard InChI is InChI=1S/C10H12N2O3/c1-2-15-10(14)7-9(13)12-8-5-3-4-6-11-8/h3-6H,2,7H2,1H3,(H,11,12,13). The zero-order chi connectivity index (χ0) is 11.1. The lowest BCUT2D eigenvalue weighted by atomic mass is 10.4. The highest BCUT2D eigenvalue weighted by atomic mass is 16.5. The number of aromatic nitrogens is 1. The molecule has 0 aliphatic heterocycles. The molecule has 0 radical (unpaired) electrons. The fourth-order valence-corrected chi connectivity index (χ4v) is 0.967. The first kappa shape index (κ1) is 11.2. The minimum Gasteiger partial charge on any atom is -0.466 e. The maximum absolute atomic E-state index is 11.2. The lowest BCUT2D eigenvalue weighted by Crippen LogP contribution is -2.18. The average molecular weight is 208 g/mol.